The molecular formula is C22H22F3N3O. The van der Waals surface area contributed by atoms with Crippen molar-refractivity contribution in [3.8, 4) is 11.4 Å². The predicted molar refractivity (Wildman–Crippen MR) is 104 cm³/mol. The van der Waals surface area contributed by atoms with Gasteiger partial charge in [0.25, 0.3) is 0 Å². The summed E-state index contributed by atoms with van der Waals surface area (Å²) < 4.78 is 45.5. The number of alkyl halides is 3. The number of hydrogen-bond donors (Lipinski definition) is 0. The van der Waals surface area contributed by atoms with E-state index in [1.807, 2.05) is 35.1 Å². The van der Waals surface area contributed by atoms with Crippen molar-refractivity contribution in [3.05, 3.63) is 77.1 Å². The summed E-state index contributed by atoms with van der Waals surface area (Å²) in [6.07, 6.45) is -0.531. The second-order valence-electron chi connectivity index (χ2n) is 7.24. The Kier molecular flexibility index (Phi) is 5.32. The lowest BCUT2D eigenvalue weighted by atomic mass is 10.1. The molecule has 0 N–H and O–H groups in total. The fraction of sp³-hybridized carbons (Fsp3) is 0.318. The highest BCUT2D eigenvalue weighted by atomic mass is 19.4. The highest BCUT2D eigenvalue weighted by Crippen LogP contribution is 2.29. The molecule has 2 aromatic carbocycles. The second-order valence-corrected chi connectivity index (χ2v) is 7.24. The molecular weight excluding hydrogens is 379 g/mol. The molecule has 152 valence electrons. The minimum atomic E-state index is -4.30. The largest absolute Gasteiger partial charge is 0.497 e. The standard InChI is InChI=1S/C22H22F3N3O/c1-29-20-10-8-19(9-11-20)28-21-3-2-12-27(15-17(21)13-26-28)14-16-4-6-18(7-5-16)22(23,24)25/h4-11,13H,2-3,12,14-15H2,1H3. The number of aromatic nitrogens is 2. The molecule has 2 heterocycles. The summed E-state index contributed by atoms with van der Waals surface area (Å²) >= 11 is 0. The van der Waals surface area contributed by atoms with E-state index >= 15 is 0 Å². The average Bonchev–Trinajstić information content (AvgIpc) is 2.99. The Morgan fingerprint density at radius 2 is 1.76 bits per heavy atom. The molecule has 0 bridgehead atoms. The zero-order chi connectivity index (χ0) is 20.4. The molecule has 29 heavy (non-hydrogen) atoms. The molecule has 0 saturated heterocycles. The molecule has 7 heteroatoms. The van der Waals surface area contributed by atoms with Gasteiger partial charge in [0, 0.05) is 24.3 Å². The van der Waals surface area contributed by atoms with Crippen LogP contribution in [0.25, 0.3) is 5.69 Å². The highest BCUT2D eigenvalue weighted by molar-refractivity contribution is 5.39. The SMILES string of the molecule is COc1ccc(-n2ncc3c2CCCN(Cc2ccc(C(F)(F)F)cc2)C3)cc1. The van der Waals surface area contributed by atoms with Gasteiger partial charge in [0.2, 0.25) is 0 Å². The lowest BCUT2D eigenvalue weighted by molar-refractivity contribution is -0.137. The maximum atomic E-state index is 12.8. The van der Waals surface area contributed by atoms with Crippen molar-refractivity contribution in [1.82, 2.24) is 14.7 Å². The van der Waals surface area contributed by atoms with Gasteiger partial charge in [-0.2, -0.15) is 18.3 Å². The Balaban J connectivity index is 1.50. The first-order valence-electron chi connectivity index (χ1n) is 9.53. The molecule has 0 fully saturated rings. The van der Waals surface area contributed by atoms with E-state index in [1.54, 1.807) is 19.2 Å². The van der Waals surface area contributed by atoms with Crippen LogP contribution in [0.1, 0.15) is 28.8 Å². The second kappa shape index (κ2) is 7.91. The monoisotopic (exact) mass is 401 g/mol. The Morgan fingerprint density at radius 3 is 2.41 bits per heavy atom. The number of fused-ring (bicyclic) bond motifs is 1. The van der Waals surface area contributed by atoms with E-state index in [0.29, 0.717) is 6.54 Å². The van der Waals surface area contributed by atoms with Gasteiger partial charge in [-0.05, 0) is 61.3 Å². The van der Waals surface area contributed by atoms with E-state index in [1.165, 1.54) is 5.69 Å². The third kappa shape index (κ3) is 4.29. The van der Waals surface area contributed by atoms with Gasteiger partial charge in [-0.3, -0.25) is 4.90 Å². The number of hydrogen-bond acceptors (Lipinski definition) is 3. The molecule has 1 aliphatic rings. The van der Waals surface area contributed by atoms with Crippen molar-refractivity contribution < 1.29 is 17.9 Å². The number of ether oxygens (including phenoxy) is 1. The third-order valence-electron chi connectivity index (χ3n) is 5.24. The molecule has 0 aliphatic carbocycles. The number of rotatable bonds is 4. The quantitative estimate of drug-likeness (QED) is 0.626. The number of nitrogens with zero attached hydrogens (tertiary/aromatic N) is 3. The molecule has 3 aromatic rings. The van der Waals surface area contributed by atoms with Crippen molar-refractivity contribution in [2.45, 2.75) is 32.1 Å². The molecule has 0 radical (unpaired) electrons. The number of methoxy groups -OCH3 is 1. The lowest BCUT2D eigenvalue weighted by Crippen LogP contribution is -2.22. The van der Waals surface area contributed by atoms with E-state index < -0.39 is 11.7 Å². The third-order valence-corrected chi connectivity index (χ3v) is 5.24. The first-order valence-corrected chi connectivity index (χ1v) is 9.53. The fourth-order valence-electron chi connectivity index (χ4n) is 3.73. The smallest absolute Gasteiger partial charge is 0.416 e. The van der Waals surface area contributed by atoms with Gasteiger partial charge >= 0.3 is 6.18 Å². The van der Waals surface area contributed by atoms with Crippen LogP contribution in [0.4, 0.5) is 13.2 Å². The summed E-state index contributed by atoms with van der Waals surface area (Å²) in [5, 5.41) is 4.57. The van der Waals surface area contributed by atoms with Crippen molar-refractivity contribution in [1.29, 1.82) is 0 Å². The van der Waals surface area contributed by atoms with Gasteiger partial charge in [0.1, 0.15) is 5.75 Å². The molecule has 1 aromatic heterocycles. The summed E-state index contributed by atoms with van der Waals surface area (Å²) in [4.78, 5) is 2.26. The maximum absolute atomic E-state index is 12.8. The lowest BCUT2D eigenvalue weighted by Gasteiger charge is -2.20. The molecule has 0 saturated carbocycles. The van der Waals surface area contributed by atoms with Crippen LogP contribution in [0, 0.1) is 0 Å². The Bertz CT molecular complexity index is 962. The van der Waals surface area contributed by atoms with Gasteiger partial charge in [-0.25, -0.2) is 4.68 Å². The van der Waals surface area contributed by atoms with Crippen LogP contribution in [0.2, 0.25) is 0 Å². The highest BCUT2D eigenvalue weighted by Gasteiger charge is 2.30. The number of benzene rings is 2. The molecule has 0 amide bonds. The van der Waals surface area contributed by atoms with Crippen LogP contribution in [0.3, 0.4) is 0 Å². The van der Waals surface area contributed by atoms with Crippen LogP contribution in [-0.2, 0) is 25.7 Å². The molecule has 0 atom stereocenters. The van der Waals surface area contributed by atoms with Crippen LogP contribution in [0.5, 0.6) is 5.75 Å². The summed E-state index contributed by atoms with van der Waals surface area (Å²) in [5.74, 6) is 0.801. The Morgan fingerprint density at radius 1 is 1.03 bits per heavy atom. The van der Waals surface area contributed by atoms with Crippen LogP contribution < -0.4 is 4.74 Å². The topological polar surface area (TPSA) is 30.3 Å². The zero-order valence-electron chi connectivity index (χ0n) is 16.1. The first-order chi connectivity index (χ1) is 13.9. The van der Waals surface area contributed by atoms with Crippen molar-refractivity contribution in [2.75, 3.05) is 13.7 Å². The minimum Gasteiger partial charge on any atom is -0.497 e. The van der Waals surface area contributed by atoms with E-state index in [9.17, 15) is 13.2 Å². The summed E-state index contributed by atoms with van der Waals surface area (Å²) in [6, 6.07) is 13.2. The van der Waals surface area contributed by atoms with Crippen LogP contribution in [0.15, 0.2) is 54.7 Å². The molecule has 4 rings (SSSR count). The number of halogens is 3. The van der Waals surface area contributed by atoms with Crippen molar-refractivity contribution in [3.63, 3.8) is 0 Å². The van der Waals surface area contributed by atoms with Gasteiger partial charge < -0.3 is 4.74 Å². The summed E-state index contributed by atoms with van der Waals surface area (Å²) in [6.45, 7) is 2.23. The van der Waals surface area contributed by atoms with E-state index in [2.05, 4.69) is 10.00 Å². The predicted octanol–water partition coefficient (Wildman–Crippen LogP) is 4.85. The minimum absolute atomic E-state index is 0.611. The van der Waals surface area contributed by atoms with Crippen molar-refractivity contribution in [2.24, 2.45) is 0 Å². The van der Waals surface area contributed by atoms with Gasteiger partial charge in [-0.1, -0.05) is 12.1 Å². The van der Waals surface area contributed by atoms with Crippen molar-refractivity contribution >= 4 is 0 Å². The molecule has 4 nitrogen and oxygen atoms in total. The van der Waals surface area contributed by atoms with Gasteiger partial charge in [0.05, 0.1) is 24.6 Å². The zero-order valence-corrected chi connectivity index (χ0v) is 16.1. The maximum Gasteiger partial charge on any atom is 0.416 e. The van der Waals surface area contributed by atoms with E-state index in [4.69, 9.17) is 4.74 Å². The summed E-state index contributed by atoms with van der Waals surface area (Å²) in [7, 11) is 1.64. The Labute approximate surface area is 167 Å². The fourth-order valence-corrected chi connectivity index (χ4v) is 3.73. The molecule has 1 aliphatic heterocycles. The molecule has 0 spiro atoms. The van der Waals surface area contributed by atoms with E-state index in [-0.39, 0.29) is 0 Å². The van der Waals surface area contributed by atoms with Gasteiger partial charge in [0.15, 0.2) is 0 Å². The normalized spacial score (nSPS) is 15.0. The van der Waals surface area contributed by atoms with Crippen LogP contribution >= 0.6 is 0 Å². The first kappa shape index (κ1) is 19.5. The van der Waals surface area contributed by atoms with Gasteiger partial charge in [-0.15, -0.1) is 0 Å². The Hall–Kier alpha value is -2.80. The average molecular weight is 401 g/mol. The molecule has 0 unspecified atom stereocenters. The van der Waals surface area contributed by atoms with Crippen LogP contribution in [-0.4, -0.2) is 28.3 Å². The van der Waals surface area contributed by atoms with E-state index in [0.717, 1.165) is 60.6 Å². The summed E-state index contributed by atoms with van der Waals surface area (Å²) in [5.41, 5.74) is 3.60.